The molecule has 1 heterocycles. The summed E-state index contributed by atoms with van der Waals surface area (Å²) in [6, 6.07) is 1.89. The van der Waals surface area contributed by atoms with Gasteiger partial charge >= 0.3 is 0 Å². The molecular weight excluding hydrogens is 242 g/mol. The van der Waals surface area contributed by atoms with Crippen molar-refractivity contribution in [2.45, 2.75) is 31.5 Å². The maximum atomic E-state index is 4.26. The Balaban J connectivity index is 2.31. The van der Waals surface area contributed by atoms with Gasteiger partial charge in [0.2, 0.25) is 0 Å². The zero-order valence-electron chi connectivity index (χ0n) is 8.63. The molecule has 0 aliphatic rings. The Hall–Kier alpha value is -0.640. The van der Waals surface area contributed by atoms with Crippen LogP contribution in [0.3, 0.4) is 0 Å². The normalized spacial score (nSPS) is 12.5. The van der Waals surface area contributed by atoms with E-state index in [0.717, 1.165) is 31.0 Å². The fraction of sp³-hybridized carbons (Fsp3) is 0.600. The number of alkyl halides is 1. The van der Waals surface area contributed by atoms with Crippen LogP contribution in [-0.4, -0.2) is 21.3 Å². The predicted octanol–water partition coefficient (Wildman–Crippen LogP) is 2.76. The minimum absolute atomic E-state index is 0.595. The summed E-state index contributed by atoms with van der Waals surface area (Å²) in [4.78, 5) is 8.89. The highest BCUT2D eigenvalue weighted by Crippen LogP contribution is 2.09. The van der Waals surface area contributed by atoms with Gasteiger partial charge in [0, 0.05) is 17.6 Å². The van der Waals surface area contributed by atoms with Gasteiger partial charge in [0.25, 0.3) is 0 Å². The topological polar surface area (TPSA) is 37.8 Å². The van der Waals surface area contributed by atoms with Crippen molar-refractivity contribution in [3.05, 3.63) is 18.1 Å². The smallest absolute Gasteiger partial charge is 0.129 e. The minimum atomic E-state index is 0.595. The highest BCUT2D eigenvalue weighted by Gasteiger charge is 2.00. The molecule has 3 nitrogen and oxygen atoms in total. The average Bonchev–Trinajstić information content (AvgIpc) is 2.17. The third-order valence-corrected chi connectivity index (χ3v) is 3.09. The molecule has 0 aromatic carbocycles. The molecule has 0 bridgehead atoms. The Kier molecular flexibility index (Phi) is 4.87. The number of anilines is 1. The third-order valence-electron chi connectivity index (χ3n) is 1.98. The summed E-state index contributed by atoms with van der Waals surface area (Å²) >= 11 is 3.59. The van der Waals surface area contributed by atoms with Gasteiger partial charge in [0.15, 0.2) is 0 Å². The lowest BCUT2D eigenvalue weighted by atomic mass is 10.2. The van der Waals surface area contributed by atoms with Crippen molar-refractivity contribution in [1.29, 1.82) is 0 Å². The summed E-state index contributed by atoms with van der Waals surface area (Å²) in [6.07, 6.45) is 4.04. The van der Waals surface area contributed by atoms with Crippen molar-refractivity contribution in [3.8, 4) is 0 Å². The van der Waals surface area contributed by atoms with E-state index in [4.69, 9.17) is 0 Å². The second-order valence-electron chi connectivity index (χ2n) is 3.21. The maximum absolute atomic E-state index is 4.26. The van der Waals surface area contributed by atoms with Crippen LogP contribution in [0.15, 0.2) is 12.3 Å². The predicted molar refractivity (Wildman–Crippen MR) is 62.9 cm³/mol. The Morgan fingerprint density at radius 3 is 3.00 bits per heavy atom. The average molecular weight is 258 g/mol. The number of nitrogens with zero attached hydrogens (tertiary/aromatic N) is 2. The lowest BCUT2D eigenvalue weighted by molar-refractivity contribution is 0.772. The van der Waals surface area contributed by atoms with Gasteiger partial charge in [-0.3, -0.25) is 0 Å². The first-order valence-electron chi connectivity index (χ1n) is 4.90. The van der Waals surface area contributed by atoms with Crippen molar-refractivity contribution in [2.24, 2.45) is 0 Å². The van der Waals surface area contributed by atoms with Crippen LogP contribution in [0.4, 0.5) is 5.82 Å². The molecule has 0 fully saturated rings. The van der Waals surface area contributed by atoms with E-state index in [9.17, 15) is 0 Å². The van der Waals surface area contributed by atoms with Crippen LogP contribution in [-0.2, 0) is 0 Å². The summed E-state index contributed by atoms with van der Waals surface area (Å²) in [5.41, 5.74) is 0. The molecule has 78 valence electrons. The van der Waals surface area contributed by atoms with Crippen molar-refractivity contribution < 1.29 is 0 Å². The Bertz CT molecular complexity index is 278. The number of halogens is 1. The van der Waals surface area contributed by atoms with E-state index in [0.29, 0.717) is 4.83 Å². The van der Waals surface area contributed by atoms with E-state index < -0.39 is 0 Å². The van der Waals surface area contributed by atoms with E-state index in [-0.39, 0.29) is 0 Å². The van der Waals surface area contributed by atoms with E-state index in [2.05, 4.69) is 38.1 Å². The molecule has 1 aromatic rings. The quantitative estimate of drug-likeness (QED) is 0.825. The molecule has 0 spiro atoms. The molecule has 0 aliphatic heterocycles. The number of aromatic nitrogens is 2. The summed E-state index contributed by atoms with van der Waals surface area (Å²) < 4.78 is 0. The molecule has 0 saturated heterocycles. The first-order chi connectivity index (χ1) is 6.72. The van der Waals surface area contributed by atoms with Gasteiger partial charge in [-0.1, -0.05) is 22.9 Å². The first kappa shape index (κ1) is 11.4. The number of hydrogen-bond acceptors (Lipinski definition) is 3. The van der Waals surface area contributed by atoms with Crippen LogP contribution < -0.4 is 5.32 Å². The van der Waals surface area contributed by atoms with Crippen molar-refractivity contribution >= 4 is 21.7 Å². The summed E-state index contributed by atoms with van der Waals surface area (Å²) in [5, 5.41) is 3.27. The van der Waals surface area contributed by atoms with Crippen LogP contribution in [0.5, 0.6) is 0 Å². The highest BCUT2D eigenvalue weighted by molar-refractivity contribution is 9.09. The van der Waals surface area contributed by atoms with Gasteiger partial charge in [-0.15, -0.1) is 0 Å². The van der Waals surface area contributed by atoms with Crippen molar-refractivity contribution in [1.82, 2.24) is 9.97 Å². The molecule has 1 rings (SSSR count). The largest absolute Gasteiger partial charge is 0.370 e. The lowest BCUT2D eigenvalue weighted by Gasteiger charge is -2.08. The summed E-state index contributed by atoms with van der Waals surface area (Å²) in [5.74, 6) is 1.72. The van der Waals surface area contributed by atoms with E-state index in [1.165, 1.54) is 0 Å². The lowest BCUT2D eigenvalue weighted by Crippen LogP contribution is -2.09. The zero-order chi connectivity index (χ0) is 10.4. The van der Waals surface area contributed by atoms with Crippen LogP contribution in [0.25, 0.3) is 0 Å². The van der Waals surface area contributed by atoms with E-state index >= 15 is 0 Å². The summed E-state index contributed by atoms with van der Waals surface area (Å²) in [6.45, 7) is 5.01. The molecule has 0 aliphatic carbocycles. The molecule has 1 atom stereocenters. The third kappa shape index (κ3) is 4.05. The molecule has 0 amide bonds. The van der Waals surface area contributed by atoms with Crippen molar-refractivity contribution in [2.75, 3.05) is 11.9 Å². The molecule has 1 aromatic heterocycles. The number of rotatable bonds is 5. The Morgan fingerprint density at radius 1 is 1.57 bits per heavy atom. The molecule has 0 radical (unpaired) electrons. The zero-order valence-corrected chi connectivity index (χ0v) is 10.2. The maximum Gasteiger partial charge on any atom is 0.129 e. The molecular formula is C10H16BrN3. The minimum Gasteiger partial charge on any atom is -0.370 e. The number of hydrogen-bond donors (Lipinski definition) is 1. The highest BCUT2D eigenvalue weighted by atomic mass is 79.9. The van der Waals surface area contributed by atoms with Gasteiger partial charge in [0.05, 0.1) is 0 Å². The van der Waals surface area contributed by atoms with Crippen LogP contribution in [0, 0.1) is 6.92 Å². The fourth-order valence-electron chi connectivity index (χ4n) is 1.12. The SMILES string of the molecule is CCC(Br)CCNc1ccnc(C)n1. The second-order valence-corrected chi connectivity index (χ2v) is 4.51. The second kappa shape index (κ2) is 5.96. The van der Waals surface area contributed by atoms with Gasteiger partial charge < -0.3 is 5.32 Å². The molecule has 1 unspecified atom stereocenters. The molecule has 14 heavy (non-hydrogen) atoms. The van der Waals surface area contributed by atoms with E-state index in [1.54, 1.807) is 6.20 Å². The van der Waals surface area contributed by atoms with Gasteiger partial charge in [-0.2, -0.15) is 0 Å². The molecule has 1 N–H and O–H groups in total. The monoisotopic (exact) mass is 257 g/mol. The standard InChI is InChI=1S/C10H16BrN3/c1-3-9(11)4-6-13-10-5-7-12-8(2)14-10/h5,7,9H,3-4,6H2,1-2H3,(H,12,13,14). The number of nitrogens with one attached hydrogen (secondary N) is 1. The van der Waals surface area contributed by atoms with Crippen LogP contribution >= 0.6 is 15.9 Å². The fourth-order valence-corrected chi connectivity index (χ4v) is 1.34. The summed E-state index contributed by atoms with van der Waals surface area (Å²) in [7, 11) is 0. The van der Waals surface area contributed by atoms with Gasteiger partial charge in [-0.25, -0.2) is 9.97 Å². The van der Waals surface area contributed by atoms with E-state index in [1.807, 2.05) is 13.0 Å². The molecule has 4 heteroatoms. The Labute approximate surface area is 93.5 Å². The Morgan fingerprint density at radius 2 is 2.36 bits per heavy atom. The van der Waals surface area contributed by atoms with Gasteiger partial charge in [0.1, 0.15) is 11.6 Å². The van der Waals surface area contributed by atoms with Crippen LogP contribution in [0.2, 0.25) is 0 Å². The first-order valence-corrected chi connectivity index (χ1v) is 5.81. The van der Waals surface area contributed by atoms with Crippen molar-refractivity contribution in [3.63, 3.8) is 0 Å². The van der Waals surface area contributed by atoms with Crippen LogP contribution in [0.1, 0.15) is 25.6 Å². The number of aryl methyl sites for hydroxylation is 1. The van der Waals surface area contributed by atoms with Gasteiger partial charge in [-0.05, 0) is 25.8 Å². The molecule has 0 saturated carbocycles.